The summed E-state index contributed by atoms with van der Waals surface area (Å²) in [6.45, 7) is 2.13. The standard InChI is InChI=1S/C25H25N3O5/c1-3-17-6-8-18(9-7-17)26-23(29)15-22-24(30)28(19-10-12-20(32-2)13-11-19)25(31)27(22)16-21-5-4-14-33-21/h4-14,22H,3,15-16H2,1-2H3,(H,26,29). The lowest BCUT2D eigenvalue weighted by atomic mass is 10.1. The lowest BCUT2D eigenvalue weighted by Crippen LogP contribution is -2.37. The monoisotopic (exact) mass is 447 g/mol. The largest absolute Gasteiger partial charge is 0.497 e. The van der Waals surface area contributed by atoms with E-state index in [0.717, 1.165) is 16.9 Å². The first kappa shape index (κ1) is 22.1. The normalized spacial score (nSPS) is 15.8. The van der Waals surface area contributed by atoms with Gasteiger partial charge in [-0.15, -0.1) is 0 Å². The van der Waals surface area contributed by atoms with Crippen molar-refractivity contribution in [2.24, 2.45) is 0 Å². The number of aryl methyl sites for hydroxylation is 1. The van der Waals surface area contributed by atoms with Crippen LogP contribution in [0.15, 0.2) is 71.3 Å². The number of rotatable bonds is 8. The summed E-state index contributed by atoms with van der Waals surface area (Å²) in [5.74, 6) is 0.309. The maximum Gasteiger partial charge on any atom is 0.332 e. The number of urea groups is 1. The Hall–Kier alpha value is -4.07. The molecule has 0 aliphatic carbocycles. The van der Waals surface area contributed by atoms with Gasteiger partial charge in [0.25, 0.3) is 5.91 Å². The summed E-state index contributed by atoms with van der Waals surface area (Å²) in [5, 5.41) is 2.82. The third-order valence-corrected chi connectivity index (χ3v) is 5.58. The first-order valence-electron chi connectivity index (χ1n) is 10.7. The van der Waals surface area contributed by atoms with E-state index in [1.807, 2.05) is 24.3 Å². The molecule has 0 saturated carbocycles. The minimum absolute atomic E-state index is 0.0768. The molecule has 8 nitrogen and oxygen atoms in total. The third kappa shape index (κ3) is 4.74. The topological polar surface area (TPSA) is 92.1 Å². The quantitative estimate of drug-likeness (QED) is 0.522. The highest BCUT2D eigenvalue weighted by Crippen LogP contribution is 2.30. The van der Waals surface area contributed by atoms with Gasteiger partial charge in [0.1, 0.15) is 17.6 Å². The van der Waals surface area contributed by atoms with Crippen LogP contribution in [0.4, 0.5) is 16.2 Å². The lowest BCUT2D eigenvalue weighted by Gasteiger charge is -2.20. The van der Waals surface area contributed by atoms with Gasteiger partial charge in [-0.25, -0.2) is 9.69 Å². The Morgan fingerprint density at radius 2 is 1.79 bits per heavy atom. The molecule has 2 heterocycles. The molecule has 1 aromatic heterocycles. The predicted octanol–water partition coefficient (Wildman–Crippen LogP) is 4.22. The van der Waals surface area contributed by atoms with E-state index in [2.05, 4.69) is 12.2 Å². The Kier molecular flexibility index (Phi) is 6.44. The molecule has 1 saturated heterocycles. The number of furan rings is 1. The van der Waals surface area contributed by atoms with E-state index in [9.17, 15) is 14.4 Å². The van der Waals surface area contributed by atoms with Gasteiger partial charge >= 0.3 is 6.03 Å². The zero-order valence-electron chi connectivity index (χ0n) is 18.5. The highest BCUT2D eigenvalue weighted by Gasteiger charge is 2.47. The second kappa shape index (κ2) is 9.60. The van der Waals surface area contributed by atoms with E-state index in [0.29, 0.717) is 22.9 Å². The number of carbonyl (C=O) groups is 3. The number of hydrogen-bond donors (Lipinski definition) is 1. The van der Waals surface area contributed by atoms with Crippen LogP contribution in [0.3, 0.4) is 0 Å². The molecule has 2 aromatic carbocycles. The van der Waals surface area contributed by atoms with Crippen LogP contribution in [0.2, 0.25) is 0 Å². The number of carbonyl (C=O) groups excluding carboxylic acids is 3. The van der Waals surface area contributed by atoms with Crippen LogP contribution in [0, 0.1) is 0 Å². The van der Waals surface area contributed by atoms with Gasteiger partial charge in [-0.05, 0) is 60.5 Å². The molecule has 1 aliphatic heterocycles. The Morgan fingerprint density at radius 3 is 2.39 bits per heavy atom. The van der Waals surface area contributed by atoms with Crippen LogP contribution in [-0.2, 0) is 22.6 Å². The molecule has 3 aromatic rings. The summed E-state index contributed by atoms with van der Waals surface area (Å²) >= 11 is 0. The van der Waals surface area contributed by atoms with Gasteiger partial charge in [0.05, 0.1) is 32.0 Å². The van der Waals surface area contributed by atoms with Crippen molar-refractivity contribution < 1.29 is 23.5 Å². The Balaban J connectivity index is 1.56. The number of hydrogen-bond acceptors (Lipinski definition) is 5. The second-order valence-electron chi connectivity index (χ2n) is 7.68. The molecule has 0 radical (unpaired) electrons. The van der Waals surface area contributed by atoms with Gasteiger partial charge in [0.15, 0.2) is 0 Å². The van der Waals surface area contributed by atoms with Crippen molar-refractivity contribution in [3.63, 3.8) is 0 Å². The van der Waals surface area contributed by atoms with Crippen LogP contribution in [0.1, 0.15) is 24.7 Å². The van der Waals surface area contributed by atoms with Crippen molar-refractivity contribution in [1.82, 2.24) is 4.90 Å². The highest BCUT2D eigenvalue weighted by molar-refractivity contribution is 6.22. The maximum absolute atomic E-state index is 13.3. The summed E-state index contributed by atoms with van der Waals surface area (Å²) in [7, 11) is 1.54. The van der Waals surface area contributed by atoms with E-state index in [-0.39, 0.29) is 18.9 Å². The first-order chi connectivity index (χ1) is 16.0. The van der Waals surface area contributed by atoms with Gasteiger partial charge in [0, 0.05) is 5.69 Å². The summed E-state index contributed by atoms with van der Waals surface area (Å²) in [6, 6.07) is 16.1. The molecule has 170 valence electrons. The minimum atomic E-state index is -0.959. The summed E-state index contributed by atoms with van der Waals surface area (Å²) in [5.41, 5.74) is 2.20. The molecule has 1 N–H and O–H groups in total. The summed E-state index contributed by atoms with van der Waals surface area (Å²) < 4.78 is 10.5. The van der Waals surface area contributed by atoms with Gasteiger partial charge in [-0.1, -0.05) is 19.1 Å². The van der Waals surface area contributed by atoms with Crippen LogP contribution in [-0.4, -0.2) is 35.9 Å². The predicted molar refractivity (Wildman–Crippen MR) is 123 cm³/mol. The van der Waals surface area contributed by atoms with Crippen LogP contribution >= 0.6 is 0 Å². The molecule has 0 bridgehead atoms. The zero-order valence-corrected chi connectivity index (χ0v) is 18.5. The summed E-state index contributed by atoms with van der Waals surface area (Å²) in [4.78, 5) is 41.8. The Bertz CT molecular complexity index is 1120. The van der Waals surface area contributed by atoms with Crippen LogP contribution < -0.4 is 15.0 Å². The Morgan fingerprint density at radius 1 is 1.06 bits per heavy atom. The lowest BCUT2D eigenvalue weighted by molar-refractivity contribution is -0.124. The zero-order chi connectivity index (χ0) is 23.4. The van der Waals surface area contributed by atoms with Crippen molar-refractivity contribution in [2.45, 2.75) is 32.4 Å². The highest BCUT2D eigenvalue weighted by atomic mass is 16.5. The summed E-state index contributed by atoms with van der Waals surface area (Å²) in [6.07, 6.45) is 2.23. The molecule has 1 unspecified atom stereocenters. The minimum Gasteiger partial charge on any atom is -0.497 e. The molecule has 8 heteroatoms. The van der Waals surface area contributed by atoms with Gasteiger partial charge in [-0.2, -0.15) is 0 Å². The fraction of sp³-hybridized carbons (Fsp3) is 0.240. The fourth-order valence-corrected chi connectivity index (χ4v) is 3.76. The van der Waals surface area contributed by atoms with E-state index >= 15 is 0 Å². The van der Waals surface area contributed by atoms with Gasteiger partial charge in [-0.3, -0.25) is 9.59 Å². The first-order valence-corrected chi connectivity index (χ1v) is 10.7. The molecule has 0 spiro atoms. The van der Waals surface area contributed by atoms with Gasteiger partial charge < -0.3 is 19.4 Å². The second-order valence-corrected chi connectivity index (χ2v) is 7.68. The number of methoxy groups -OCH3 is 1. The molecular formula is C25H25N3O5. The van der Waals surface area contributed by atoms with Crippen molar-refractivity contribution in [3.8, 4) is 5.75 Å². The van der Waals surface area contributed by atoms with E-state index < -0.39 is 18.0 Å². The molecule has 4 amide bonds. The van der Waals surface area contributed by atoms with Crippen molar-refractivity contribution in [2.75, 3.05) is 17.3 Å². The molecule has 1 fully saturated rings. The number of nitrogens with one attached hydrogen (secondary N) is 1. The molecule has 4 rings (SSSR count). The molecule has 33 heavy (non-hydrogen) atoms. The van der Waals surface area contributed by atoms with Crippen molar-refractivity contribution in [3.05, 3.63) is 78.3 Å². The SMILES string of the molecule is CCc1ccc(NC(=O)CC2C(=O)N(c3ccc(OC)cc3)C(=O)N2Cc2ccco2)cc1. The van der Waals surface area contributed by atoms with Gasteiger partial charge in [0.2, 0.25) is 5.91 Å². The van der Waals surface area contributed by atoms with E-state index in [4.69, 9.17) is 9.15 Å². The molecule has 1 atom stereocenters. The third-order valence-electron chi connectivity index (χ3n) is 5.58. The molecular weight excluding hydrogens is 422 g/mol. The maximum atomic E-state index is 13.3. The average molecular weight is 447 g/mol. The van der Waals surface area contributed by atoms with E-state index in [1.54, 1.807) is 36.4 Å². The van der Waals surface area contributed by atoms with Crippen LogP contribution in [0.25, 0.3) is 0 Å². The number of imide groups is 1. The number of anilines is 2. The van der Waals surface area contributed by atoms with Crippen molar-refractivity contribution >= 4 is 29.2 Å². The smallest absolute Gasteiger partial charge is 0.332 e. The number of amides is 4. The van der Waals surface area contributed by atoms with Crippen LogP contribution in [0.5, 0.6) is 5.75 Å². The average Bonchev–Trinajstić information content (AvgIpc) is 3.42. The number of ether oxygens (including phenoxy) is 1. The number of nitrogens with zero attached hydrogens (tertiary/aromatic N) is 2. The fourth-order valence-electron chi connectivity index (χ4n) is 3.76. The van der Waals surface area contributed by atoms with Crippen molar-refractivity contribution in [1.29, 1.82) is 0 Å². The molecule has 1 aliphatic rings. The Labute approximate surface area is 191 Å². The number of benzene rings is 2. The van der Waals surface area contributed by atoms with E-state index in [1.165, 1.54) is 18.3 Å².